The maximum Gasteiger partial charge on any atom is 0.419 e. The number of rotatable bonds is 2. The quantitative estimate of drug-likeness (QED) is 0.390. The lowest BCUT2D eigenvalue weighted by molar-refractivity contribution is -0.668. The van der Waals surface area contributed by atoms with Crippen LogP contribution in [0.25, 0.3) is 22.6 Å². The molecule has 3 aromatic rings. The van der Waals surface area contributed by atoms with E-state index < -0.39 is 35.0 Å². The highest BCUT2D eigenvalue weighted by molar-refractivity contribution is 5.63. The first-order chi connectivity index (χ1) is 12.1. The predicted molar refractivity (Wildman–Crippen MR) is 76.7 cm³/mol. The van der Waals surface area contributed by atoms with Gasteiger partial charge in [0.2, 0.25) is 12.0 Å². The lowest BCUT2D eigenvalue weighted by Gasteiger charge is -2.10. The van der Waals surface area contributed by atoms with Crippen molar-refractivity contribution in [3.05, 3.63) is 70.8 Å². The predicted octanol–water partition coefficient (Wildman–Crippen LogP) is 3.88. The van der Waals surface area contributed by atoms with Gasteiger partial charge in [0, 0.05) is 16.7 Å². The van der Waals surface area contributed by atoms with Crippen LogP contribution in [0, 0.1) is 22.7 Å². The SMILES string of the molecule is [O-][n+]1cc(-c2ccc(F)c(C(F)(F)F)c2)nc(-c2ccc(F)cc2F)n1. The maximum atomic E-state index is 13.8. The summed E-state index contributed by atoms with van der Waals surface area (Å²) in [5, 5.41) is 15.1. The Hall–Kier alpha value is -3.17. The van der Waals surface area contributed by atoms with Gasteiger partial charge in [-0.25, -0.2) is 18.2 Å². The van der Waals surface area contributed by atoms with Gasteiger partial charge >= 0.3 is 6.18 Å². The highest BCUT2D eigenvalue weighted by Gasteiger charge is 2.34. The highest BCUT2D eigenvalue weighted by Crippen LogP contribution is 2.34. The fourth-order valence-corrected chi connectivity index (χ4v) is 2.22. The Labute approximate surface area is 141 Å². The third kappa shape index (κ3) is 3.44. The van der Waals surface area contributed by atoms with Crippen molar-refractivity contribution in [2.75, 3.05) is 0 Å². The van der Waals surface area contributed by atoms with Gasteiger partial charge in [0.1, 0.15) is 23.1 Å². The van der Waals surface area contributed by atoms with E-state index in [0.717, 1.165) is 24.4 Å². The number of alkyl halides is 3. The van der Waals surface area contributed by atoms with Crippen molar-refractivity contribution < 1.29 is 31.2 Å². The van der Waals surface area contributed by atoms with Crippen LogP contribution in [0.2, 0.25) is 0 Å². The zero-order chi connectivity index (χ0) is 19.1. The van der Waals surface area contributed by atoms with Gasteiger partial charge in [-0.2, -0.15) is 13.2 Å². The zero-order valence-electron chi connectivity index (χ0n) is 12.6. The average Bonchev–Trinajstić information content (AvgIpc) is 2.53. The molecule has 0 radical (unpaired) electrons. The fraction of sp³-hybridized carbons (Fsp3) is 0.0625. The summed E-state index contributed by atoms with van der Waals surface area (Å²) in [5.74, 6) is -3.88. The van der Waals surface area contributed by atoms with E-state index in [1.807, 2.05) is 0 Å². The Morgan fingerprint density at radius 2 is 1.65 bits per heavy atom. The van der Waals surface area contributed by atoms with Crippen molar-refractivity contribution in [3.8, 4) is 22.6 Å². The molecule has 1 aromatic heterocycles. The van der Waals surface area contributed by atoms with E-state index in [-0.39, 0.29) is 21.7 Å². The molecule has 0 bridgehead atoms. The second-order valence-electron chi connectivity index (χ2n) is 5.17. The van der Waals surface area contributed by atoms with Crippen LogP contribution in [-0.4, -0.2) is 10.1 Å². The highest BCUT2D eigenvalue weighted by atomic mass is 19.4. The fourth-order valence-electron chi connectivity index (χ4n) is 2.22. The monoisotopic (exact) mass is 371 g/mol. The van der Waals surface area contributed by atoms with Gasteiger partial charge in [0.05, 0.1) is 11.1 Å². The molecule has 0 atom stereocenters. The number of halogens is 6. The van der Waals surface area contributed by atoms with Crippen LogP contribution in [0.15, 0.2) is 42.6 Å². The Balaban J connectivity index is 2.14. The molecule has 3 rings (SSSR count). The van der Waals surface area contributed by atoms with Crippen molar-refractivity contribution in [1.29, 1.82) is 0 Å². The van der Waals surface area contributed by atoms with Crippen LogP contribution in [0.1, 0.15) is 5.56 Å². The van der Waals surface area contributed by atoms with Crippen molar-refractivity contribution in [2.24, 2.45) is 0 Å². The third-order valence-corrected chi connectivity index (χ3v) is 3.39. The molecule has 0 fully saturated rings. The summed E-state index contributed by atoms with van der Waals surface area (Å²) in [5.41, 5.74) is -2.38. The molecule has 2 aromatic carbocycles. The Bertz CT molecular complexity index is 990. The van der Waals surface area contributed by atoms with Crippen molar-refractivity contribution in [1.82, 2.24) is 10.1 Å². The molecule has 134 valence electrons. The summed E-state index contributed by atoms with van der Waals surface area (Å²) in [6.07, 6.45) is -4.20. The lowest BCUT2D eigenvalue weighted by atomic mass is 10.1. The minimum atomic E-state index is -4.95. The first kappa shape index (κ1) is 17.6. The minimum Gasteiger partial charge on any atom is -0.594 e. The molecule has 1 heterocycles. The van der Waals surface area contributed by atoms with Crippen molar-refractivity contribution in [3.63, 3.8) is 0 Å². The molecule has 0 unspecified atom stereocenters. The van der Waals surface area contributed by atoms with Crippen LogP contribution >= 0.6 is 0 Å². The molecule has 10 heteroatoms. The first-order valence-corrected chi connectivity index (χ1v) is 6.96. The molecule has 0 spiro atoms. The minimum absolute atomic E-state index is 0.0307. The van der Waals surface area contributed by atoms with Crippen LogP contribution in [0.4, 0.5) is 26.3 Å². The Morgan fingerprint density at radius 3 is 2.31 bits per heavy atom. The van der Waals surface area contributed by atoms with Gasteiger partial charge in [-0.05, 0) is 30.3 Å². The van der Waals surface area contributed by atoms with Crippen LogP contribution in [0.5, 0.6) is 0 Å². The van der Waals surface area contributed by atoms with E-state index in [2.05, 4.69) is 10.1 Å². The van der Waals surface area contributed by atoms with Gasteiger partial charge in [0.15, 0.2) is 0 Å². The molecular weight excluding hydrogens is 364 g/mol. The second-order valence-corrected chi connectivity index (χ2v) is 5.17. The van der Waals surface area contributed by atoms with E-state index in [9.17, 15) is 31.5 Å². The summed E-state index contributed by atoms with van der Waals surface area (Å²) in [4.78, 5) is 3.80. The third-order valence-electron chi connectivity index (χ3n) is 3.39. The molecule has 0 aliphatic heterocycles. The summed E-state index contributed by atoms with van der Waals surface area (Å²) in [6, 6.07) is 4.46. The van der Waals surface area contributed by atoms with Gasteiger partial charge in [-0.1, -0.05) is 4.85 Å². The van der Waals surface area contributed by atoms with Crippen molar-refractivity contribution in [2.45, 2.75) is 6.18 Å². The summed E-state index contributed by atoms with van der Waals surface area (Å²) < 4.78 is 78.7. The molecule has 0 aliphatic carbocycles. The lowest BCUT2D eigenvalue weighted by Crippen LogP contribution is -2.32. The molecule has 0 amide bonds. The topological polar surface area (TPSA) is 52.7 Å². The molecule has 0 aliphatic rings. The summed E-state index contributed by atoms with van der Waals surface area (Å²) in [7, 11) is 0. The summed E-state index contributed by atoms with van der Waals surface area (Å²) >= 11 is 0. The number of nitrogens with zero attached hydrogens (tertiary/aromatic N) is 3. The number of hydrogen-bond donors (Lipinski definition) is 0. The number of hydrogen-bond acceptors (Lipinski definition) is 3. The largest absolute Gasteiger partial charge is 0.594 e. The molecule has 4 nitrogen and oxygen atoms in total. The van der Waals surface area contributed by atoms with Gasteiger partial charge in [0.25, 0.3) is 0 Å². The second kappa shape index (κ2) is 6.28. The van der Waals surface area contributed by atoms with Crippen molar-refractivity contribution >= 4 is 0 Å². The van der Waals surface area contributed by atoms with E-state index in [1.165, 1.54) is 0 Å². The van der Waals surface area contributed by atoms with Gasteiger partial charge in [-0.15, -0.1) is 0 Å². The Kier molecular flexibility index (Phi) is 4.26. The zero-order valence-corrected chi connectivity index (χ0v) is 12.6. The normalized spacial score (nSPS) is 11.6. The van der Waals surface area contributed by atoms with Gasteiger partial charge < -0.3 is 5.21 Å². The molecule has 0 saturated carbocycles. The molecule has 0 N–H and O–H groups in total. The smallest absolute Gasteiger partial charge is 0.419 e. The maximum absolute atomic E-state index is 13.8. The standard InChI is InChI=1S/C16H7F6N3O/c17-9-2-3-10(13(19)6-9)15-23-14(7-25(26)24-15)8-1-4-12(18)11(5-8)16(20,21)22/h1-7H. The van der Waals surface area contributed by atoms with E-state index >= 15 is 0 Å². The van der Waals surface area contributed by atoms with Crippen LogP contribution < -0.4 is 4.85 Å². The van der Waals surface area contributed by atoms with Gasteiger partial charge in [-0.3, -0.25) is 0 Å². The van der Waals surface area contributed by atoms with Crippen LogP contribution in [-0.2, 0) is 6.18 Å². The van der Waals surface area contributed by atoms with Crippen LogP contribution in [0.3, 0.4) is 0 Å². The first-order valence-electron chi connectivity index (χ1n) is 6.96. The number of aromatic nitrogens is 3. The van der Waals surface area contributed by atoms with E-state index in [0.29, 0.717) is 18.2 Å². The average molecular weight is 371 g/mol. The molecular formula is C16H7F6N3O. The Morgan fingerprint density at radius 1 is 0.923 bits per heavy atom. The number of benzene rings is 2. The summed E-state index contributed by atoms with van der Waals surface area (Å²) in [6.45, 7) is 0. The van der Waals surface area contributed by atoms with E-state index in [1.54, 1.807) is 0 Å². The molecule has 0 saturated heterocycles. The molecule has 26 heavy (non-hydrogen) atoms. The van der Waals surface area contributed by atoms with E-state index in [4.69, 9.17) is 0 Å².